The lowest BCUT2D eigenvalue weighted by Crippen LogP contribution is -1.86. The van der Waals surface area contributed by atoms with Crippen LogP contribution < -0.4 is 16.2 Å². The van der Waals surface area contributed by atoms with Crippen LogP contribution in [0.5, 0.6) is 11.8 Å². The van der Waals surface area contributed by atoms with Crippen LogP contribution in [0.15, 0.2) is 46.9 Å². The van der Waals surface area contributed by atoms with Crippen molar-refractivity contribution in [3.8, 4) is 11.8 Å². The number of nitrogens with two attached hydrogens (primary N) is 2. The summed E-state index contributed by atoms with van der Waals surface area (Å²) < 4.78 is 10.9. The normalized spacial score (nSPS) is 10.7. The van der Waals surface area contributed by atoms with E-state index in [0.29, 0.717) is 28.2 Å². The first-order valence-electron chi connectivity index (χ1n) is 5.40. The average molecular weight is 241 g/mol. The molecule has 3 rings (SSSR count). The second-order valence-electron chi connectivity index (χ2n) is 3.88. The predicted octanol–water partition coefficient (Wildman–Crippen LogP) is 2.78. The Hall–Kier alpha value is -2.69. The Labute approximate surface area is 103 Å². The van der Waals surface area contributed by atoms with Crippen LogP contribution in [0.4, 0.5) is 11.4 Å². The number of nitrogen functional groups attached to an aromatic ring is 2. The van der Waals surface area contributed by atoms with Gasteiger partial charge >= 0.3 is 6.08 Å². The highest BCUT2D eigenvalue weighted by Crippen LogP contribution is 2.26. The van der Waals surface area contributed by atoms with Crippen LogP contribution in [-0.4, -0.2) is 4.98 Å². The Balaban J connectivity index is 1.92. The van der Waals surface area contributed by atoms with Gasteiger partial charge in [0.2, 0.25) is 0 Å². The molecule has 1 aromatic heterocycles. The van der Waals surface area contributed by atoms with Crippen molar-refractivity contribution in [2.45, 2.75) is 0 Å². The number of rotatable bonds is 2. The summed E-state index contributed by atoms with van der Waals surface area (Å²) in [5.74, 6) is 0.615. The summed E-state index contributed by atoms with van der Waals surface area (Å²) in [6.07, 6.45) is 0.181. The lowest BCUT2D eigenvalue weighted by Gasteiger charge is -1.99. The summed E-state index contributed by atoms with van der Waals surface area (Å²) in [7, 11) is 0. The van der Waals surface area contributed by atoms with Crippen LogP contribution in [0, 0.1) is 0 Å². The van der Waals surface area contributed by atoms with Crippen molar-refractivity contribution in [1.82, 2.24) is 4.98 Å². The molecule has 0 bridgehead atoms. The first kappa shape index (κ1) is 10.5. The number of aromatic nitrogens is 1. The minimum atomic E-state index is 0.181. The molecule has 0 unspecified atom stereocenters. The quantitative estimate of drug-likeness (QED) is 0.673. The Morgan fingerprint density at radius 2 is 1.67 bits per heavy atom. The first-order chi connectivity index (χ1) is 8.70. The average Bonchev–Trinajstić information content (AvgIpc) is 2.73. The highest BCUT2D eigenvalue weighted by Gasteiger charge is 2.07. The van der Waals surface area contributed by atoms with Crippen LogP contribution in [0.2, 0.25) is 0 Å². The Kier molecular flexibility index (Phi) is 2.30. The van der Waals surface area contributed by atoms with Crippen molar-refractivity contribution in [2.75, 3.05) is 11.5 Å². The van der Waals surface area contributed by atoms with Crippen molar-refractivity contribution < 1.29 is 9.15 Å². The van der Waals surface area contributed by atoms with Gasteiger partial charge in [-0.05, 0) is 42.5 Å². The second-order valence-corrected chi connectivity index (χ2v) is 3.88. The summed E-state index contributed by atoms with van der Waals surface area (Å²) in [4.78, 5) is 4.19. The van der Waals surface area contributed by atoms with Gasteiger partial charge in [-0.3, -0.25) is 0 Å². The van der Waals surface area contributed by atoms with Gasteiger partial charge in [-0.1, -0.05) is 0 Å². The summed E-state index contributed by atoms with van der Waals surface area (Å²) in [6, 6.07) is 12.2. The molecular weight excluding hydrogens is 230 g/mol. The Morgan fingerprint density at radius 3 is 2.44 bits per heavy atom. The van der Waals surface area contributed by atoms with E-state index < -0.39 is 0 Å². The molecule has 0 aliphatic carbocycles. The number of hydrogen-bond donors (Lipinski definition) is 2. The molecule has 0 aliphatic heterocycles. The van der Waals surface area contributed by atoms with Gasteiger partial charge in [-0.15, -0.1) is 0 Å². The van der Waals surface area contributed by atoms with Gasteiger partial charge in [0.15, 0.2) is 5.58 Å². The van der Waals surface area contributed by atoms with Crippen molar-refractivity contribution in [3.63, 3.8) is 0 Å². The van der Waals surface area contributed by atoms with Crippen LogP contribution in [0.1, 0.15) is 0 Å². The van der Waals surface area contributed by atoms with Gasteiger partial charge in [0, 0.05) is 11.4 Å². The van der Waals surface area contributed by atoms with Crippen molar-refractivity contribution in [3.05, 3.63) is 42.5 Å². The van der Waals surface area contributed by atoms with E-state index in [-0.39, 0.29) is 6.08 Å². The largest absolute Gasteiger partial charge is 0.411 e. The maximum Gasteiger partial charge on any atom is 0.400 e. The number of nitrogens with zero attached hydrogens (tertiary/aromatic N) is 1. The van der Waals surface area contributed by atoms with Gasteiger partial charge in [-0.25, -0.2) is 0 Å². The topological polar surface area (TPSA) is 87.3 Å². The Morgan fingerprint density at radius 1 is 0.944 bits per heavy atom. The molecule has 2 aromatic carbocycles. The molecule has 5 nitrogen and oxygen atoms in total. The Bertz CT molecular complexity index is 689. The maximum atomic E-state index is 5.67. The molecule has 18 heavy (non-hydrogen) atoms. The molecule has 3 aromatic rings. The van der Waals surface area contributed by atoms with E-state index in [4.69, 9.17) is 20.6 Å². The van der Waals surface area contributed by atoms with E-state index in [1.165, 1.54) is 0 Å². The fourth-order valence-electron chi connectivity index (χ4n) is 1.60. The van der Waals surface area contributed by atoms with Crippen molar-refractivity contribution >= 4 is 22.5 Å². The number of oxazole rings is 1. The molecule has 5 heteroatoms. The zero-order chi connectivity index (χ0) is 12.5. The van der Waals surface area contributed by atoms with E-state index in [1.807, 2.05) is 0 Å². The lowest BCUT2D eigenvalue weighted by atomic mass is 10.3. The molecule has 0 atom stereocenters. The zero-order valence-electron chi connectivity index (χ0n) is 9.46. The molecule has 0 saturated carbocycles. The summed E-state index contributed by atoms with van der Waals surface area (Å²) >= 11 is 0. The fraction of sp³-hybridized carbons (Fsp3) is 0. The number of benzene rings is 2. The minimum Gasteiger partial charge on any atom is -0.411 e. The number of hydrogen-bond acceptors (Lipinski definition) is 5. The third kappa shape index (κ3) is 1.93. The molecule has 0 aliphatic rings. The van der Waals surface area contributed by atoms with E-state index in [1.54, 1.807) is 42.5 Å². The maximum absolute atomic E-state index is 5.67. The molecule has 1 heterocycles. The highest BCUT2D eigenvalue weighted by atomic mass is 16.6. The van der Waals surface area contributed by atoms with Gasteiger partial charge in [0.05, 0.1) is 0 Å². The van der Waals surface area contributed by atoms with Crippen LogP contribution in [0.25, 0.3) is 11.1 Å². The van der Waals surface area contributed by atoms with E-state index in [9.17, 15) is 0 Å². The summed E-state index contributed by atoms with van der Waals surface area (Å²) in [6.45, 7) is 0. The fourth-order valence-corrected chi connectivity index (χ4v) is 1.60. The first-order valence-corrected chi connectivity index (χ1v) is 5.40. The van der Waals surface area contributed by atoms with E-state index >= 15 is 0 Å². The van der Waals surface area contributed by atoms with Gasteiger partial charge in [-0.2, -0.15) is 4.98 Å². The number of ether oxygens (including phenoxy) is 1. The van der Waals surface area contributed by atoms with Gasteiger partial charge in [0.25, 0.3) is 0 Å². The van der Waals surface area contributed by atoms with Gasteiger partial charge in [0.1, 0.15) is 11.3 Å². The minimum absolute atomic E-state index is 0.181. The predicted molar refractivity (Wildman–Crippen MR) is 69.3 cm³/mol. The zero-order valence-corrected chi connectivity index (χ0v) is 9.46. The second kappa shape index (κ2) is 3.96. The third-order valence-corrected chi connectivity index (χ3v) is 2.48. The van der Waals surface area contributed by atoms with Gasteiger partial charge < -0.3 is 20.6 Å². The van der Waals surface area contributed by atoms with E-state index in [2.05, 4.69) is 4.98 Å². The molecule has 0 spiro atoms. The highest BCUT2D eigenvalue weighted by molar-refractivity contribution is 5.77. The smallest absolute Gasteiger partial charge is 0.400 e. The van der Waals surface area contributed by atoms with Crippen LogP contribution in [0.3, 0.4) is 0 Å². The molecule has 0 saturated heterocycles. The number of fused-ring (bicyclic) bond motifs is 1. The van der Waals surface area contributed by atoms with Crippen LogP contribution >= 0.6 is 0 Å². The van der Waals surface area contributed by atoms with E-state index in [0.717, 1.165) is 0 Å². The van der Waals surface area contributed by atoms with Crippen molar-refractivity contribution in [1.29, 1.82) is 0 Å². The van der Waals surface area contributed by atoms with Crippen molar-refractivity contribution in [2.24, 2.45) is 0 Å². The monoisotopic (exact) mass is 241 g/mol. The number of anilines is 2. The standard InChI is InChI=1S/C13H11N3O2/c14-8-1-4-10(5-2-8)17-13-16-11-7-9(15)3-6-12(11)18-13/h1-7H,14-15H2. The molecule has 4 N–H and O–H groups in total. The van der Waals surface area contributed by atoms with Crippen LogP contribution in [-0.2, 0) is 0 Å². The summed E-state index contributed by atoms with van der Waals surface area (Å²) in [5.41, 5.74) is 13.9. The molecule has 0 fully saturated rings. The molecular formula is C13H11N3O2. The molecule has 0 radical (unpaired) electrons. The SMILES string of the molecule is Nc1ccc(Oc2nc3cc(N)ccc3o2)cc1. The third-order valence-electron chi connectivity index (χ3n) is 2.48. The molecule has 0 amide bonds. The lowest BCUT2D eigenvalue weighted by molar-refractivity contribution is 0.343. The molecule has 90 valence electrons. The summed E-state index contributed by atoms with van der Waals surface area (Å²) in [5, 5.41) is 0.